The molecule has 318 valence electrons. The van der Waals surface area contributed by atoms with E-state index in [4.69, 9.17) is 24.9 Å². The van der Waals surface area contributed by atoms with Gasteiger partial charge in [-0.1, -0.05) is 194 Å². The molecule has 0 bridgehead atoms. The highest BCUT2D eigenvalue weighted by Crippen LogP contribution is 2.42. The monoisotopic (exact) mass is 869 g/mol. The Morgan fingerprint density at radius 2 is 0.765 bits per heavy atom. The predicted octanol–water partition coefficient (Wildman–Crippen LogP) is 14.9. The standard InChI is InChI=1S/C61H39N7/c1-5-19-40(20-6-1)44-27-18-30-47(38-44)67-53-33-15-13-31-48(53)49-35-36-55-56(57(49)67)50-32-14-16-34-54(50)68(55)61-65-59(43-25-11-4-12-26-43)64-60(66-61)46-29-17-28-45(37-46)52-39-51(41-21-7-2-8-22-41)62-58(63-52)42-23-9-3-10-24-42/h1-39H. The van der Waals surface area contributed by atoms with Crippen LogP contribution in [0, 0.1) is 0 Å². The molecule has 0 unspecified atom stereocenters. The first-order valence-corrected chi connectivity index (χ1v) is 22.8. The van der Waals surface area contributed by atoms with Gasteiger partial charge in [-0.3, -0.25) is 4.57 Å². The average Bonchev–Trinajstić information content (AvgIpc) is 3.95. The van der Waals surface area contributed by atoms with Crippen LogP contribution in [0.25, 0.3) is 123 Å². The third-order valence-corrected chi connectivity index (χ3v) is 12.8. The maximum Gasteiger partial charge on any atom is 0.238 e. The van der Waals surface area contributed by atoms with E-state index in [0.717, 1.165) is 83.3 Å². The summed E-state index contributed by atoms with van der Waals surface area (Å²) in [4.78, 5) is 26.1. The quantitative estimate of drug-likeness (QED) is 0.152. The van der Waals surface area contributed by atoms with Crippen LogP contribution in [0.2, 0.25) is 0 Å². The van der Waals surface area contributed by atoms with Gasteiger partial charge in [0, 0.05) is 55.0 Å². The number of hydrogen-bond donors (Lipinski definition) is 0. The van der Waals surface area contributed by atoms with Crippen molar-refractivity contribution in [3.05, 3.63) is 237 Å². The number of para-hydroxylation sites is 2. The van der Waals surface area contributed by atoms with E-state index >= 15 is 0 Å². The molecule has 7 heteroatoms. The van der Waals surface area contributed by atoms with E-state index in [0.29, 0.717) is 23.4 Å². The summed E-state index contributed by atoms with van der Waals surface area (Å²) in [6, 6.07) is 82.1. The minimum Gasteiger partial charge on any atom is -0.309 e. The van der Waals surface area contributed by atoms with Crippen LogP contribution in [0.15, 0.2) is 237 Å². The Labute approximate surface area is 392 Å². The highest BCUT2D eigenvalue weighted by molar-refractivity contribution is 6.26. The van der Waals surface area contributed by atoms with Gasteiger partial charge in [-0.05, 0) is 53.6 Å². The van der Waals surface area contributed by atoms with Crippen LogP contribution in [-0.4, -0.2) is 34.1 Å². The smallest absolute Gasteiger partial charge is 0.238 e. The van der Waals surface area contributed by atoms with E-state index in [2.05, 4.69) is 161 Å². The molecule has 7 nitrogen and oxygen atoms in total. The second-order valence-corrected chi connectivity index (χ2v) is 16.9. The van der Waals surface area contributed by atoms with Crippen LogP contribution >= 0.6 is 0 Å². The summed E-state index contributed by atoms with van der Waals surface area (Å²) in [7, 11) is 0. The zero-order valence-corrected chi connectivity index (χ0v) is 36.6. The van der Waals surface area contributed by atoms with Crippen molar-refractivity contribution in [2.24, 2.45) is 0 Å². The summed E-state index contributed by atoms with van der Waals surface area (Å²) in [6.45, 7) is 0. The van der Waals surface area contributed by atoms with Gasteiger partial charge in [-0.2, -0.15) is 9.97 Å². The second kappa shape index (κ2) is 16.3. The van der Waals surface area contributed by atoms with E-state index in [-0.39, 0.29) is 0 Å². The highest BCUT2D eigenvalue weighted by Gasteiger charge is 2.23. The third kappa shape index (κ3) is 6.72. The SMILES string of the molecule is c1ccc(-c2cccc(-n3c4ccccc4c4ccc5c(c6ccccc6n5-c5nc(-c6ccccc6)nc(-c6cccc(-c7cc(-c8ccccc8)nc(-c8ccccc8)n7)c6)n5)c43)c2)cc1. The van der Waals surface area contributed by atoms with Crippen LogP contribution < -0.4 is 0 Å². The van der Waals surface area contributed by atoms with Gasteiger partial charge < -0.3 is 4.57 Å². The zero-order valence-electron chi connectivity index (χ0n) is 36.6. The lowest BCUT2D eigenvalue weighted by Gasteiger charge is -2.13. The van der Waals surface area contributed by atoms with Crippen LogP contribution in [0.5, 0.6) is 0 Å². The van der Waals surface area contributed by atoms with E-state index in [1.807, 2.05) is 84.9 Å². The van der Waals surface area contributed by atoms with Crippen molar-refractivity contribution < 1.29 is 0 Å². The minimum absolute atomic E-state index is 0.526. The Bertz CT molecular complexity index is 3950. The normalized spacial score (nSPS) is 11.5. The number of hydrogen-bond acceptors (Lipinski definition) is 5. The molecule has 0 amide bonds. The molecule has 0 fully saturated rings. The van der Waals surface area contributed by atoms with Crippen molar-refractivity contribution >= 4 is 43.6 Å². The van der Waals surface area contributed by atoms with Gasteiger partial charge in [-0.25, -0.2) is 15.0 Å². The van der Waals surface area contributed by atoms with Crippen molar-refractivity contribution in [3.8, 4) is 79.4 Å². The summed E-state index contributed by atoms with van der Waals surface area (Å²) in [5.41, 5.74) is 13.9. The Balaban J connectivity index is 1.03. The van der Waals surface area contributed by atoms with Crippen molar-refractivity contribution in [1.82, 2.24) is 34.1 Å². The largest absolute Gasteiger partial charge is 0.309 e. The van der Waals surface area contributed by atoms with Crippen molar-refractivity contribution in [2.75, 3.05) is 0 Å². The van der Waals surface area contributed by atoms with Crippen LogP contribution in [0.1, 0.15) is 0 Å². The van der Waals surface area contributed by atoms with Gasteiger partial charge in [0.15, 0.2) is 17.5 Å². The van der Waals surface area contributed by atoms with Gasteiger partial charge in [0.2, 0.25) is 5.95 Å². The third-order valence-electron chi connectivity index (χ3n) is 12.8. The topological polar surface area (TPSA) is 74.3 Å². The molecule has 0 saturated carbocycles. The fourth-order valence-electron chi connectivity index (χ4n) is 9.64. The Morgan fingerprint density at radius 1 is 0.265 bits per heavy atom. The Kier molecular flexibility index (Phi) is 9.35. The average molecular weight is 870 g/mol. The van der Waals surface area contributed by atoms with E-state index in [1.54, 1.807) is 0 Å². The number of nitrogens with zero attached hydrogens (tertiary/aromatic N) is 7. The predicted molar refractivity (Wildman–Crippen MR) is 277 cm³/mol. The molecular formula is C61H39N7. The van der Waals surface area contributed by atoms with Crippen molar-refractivity contribution in [3.63, 3.8) is 0 Å². The summed E-state index contributed by atoms with van der Waals surface area (Å²) in [5.74, 6) is 2.31. The Hall–Kier alpha value is -9.33. The van der Waals surface area contributed by atoms with Crippen LogP contribution in [0.4, 0.5) is 0 Å². The van der Waals surface area contributed by atoms with Gasteiger partial charge >= 0.3 is 0 Å². The molecule has 0 aliphatic rings. The molecule has 13 aromatic rings. The summed E-state index contributed by atoms with van der Waals surface area (Å²) in [5, 5.41) is 4.59. The van der Waals surface area contributed by atoms with Crippen LogP contribution in [-0.2, 0) is 0 Å². The summed E-state index contributed by atoms with van der Waals surface area (Å²) < 4.78 is 4.63. The molecule has 9 aromatic carbocycles. The number of aromatic nitrogens is 7. The molecule has 0 radical (unpaired) electrons. The molecule has 4 heterocycles. The molecule has 0 spiro atoms. The fourth-order valence-corrected chi connectivity index (χ4v) is 9.64. The Morgan fingerprint density at radius 3 is 1.46 bits per heavy atom. The number of benzene rings is 9. The number of fused-ring (bicyclic) bond motifs is 7. The zero-order chi connectivity index (χ0) is 45.0. The molecule has 4 aromatic heterocycles. The molecule has 0 aliphatic carbocycles. The lowest BCUT2D eigenvalue weighted by Crippen LogP contribution is -2.06. The maximum absolute atomic E-state index is 5.39. The molecule has 13 rings (SSSR count). The lowest BCUT2D eigenvalue weighted by molar-refractivity contribution is 0.953. The van der Waals surface area contributed by atoms with Crippen molar-refractivity contribution in [1.29, 1.82) is 0 Å². The lowest BCUT2D eigenvalue weighted by atomic mass is 10.0. The van der Waals surface area contributed by atoms with Gasteiger partial charge in [0.05, 0.1) is 33.5 Å². The first-order valence-electron chi connectivity index (χ1n) is 22.8. The van der Waals surface area contributed by atoms with Crippen molar-refractivity contribution in [2.45, 2.75) is 0 Å². The highest BCUT2D eigenvalue weighted by atomic mass is 15.2. The summed E-state index contributed by atoms with van der Waals surface area (Å²) in [6.07, 6.45) is 0. The van der Waals surface area contributed by atoms with E-state index in [9.17, 15) is 0 Å². The molecule has 0 saturated heterocycles. The van der Waals surface area contributed by atoms with Crippen LogP contribution in [0.3, 0.4) is 0 Å². The minimum atomic E-state index is 0.526. The first kappa shape index (κ1) is 39.1. The fraction of sp³-hybridized carbons (Fsp3) is 0. The molecule has 0 N–H and O–H groups in total. The van der Waals surface area contributed by atoms with E-state index < -0.39 is 0 Å². The maximum atomic E-state index is 5.39. The number of rotatable bonds is 8. The van der Waals surface area contributed by atoms with Gasteiger partial charge in [-0.15, -0.1) is 0 Å². The second-order valence-electron chi connectivity index (χ2n) is 16.9. The molecule has 0 aliphatic heterocycles. The first-order chi connectivity index (χ1) is 33.7. The summed E-state index contributed by atoms with van der Waals surface area (Å²) >= 11 is 0. The molecular weight excluding hydrogens is 831 g/mol. The van der Waals surface area contributed by atoms with E-state index in [1.165, 1.54) is 16.3 Å². The van der Waals surface area contributed by atoms with Gasteiger partial charge in [0.1, 0.15) is 0 Å². The van der Waals surface area contributed by atoms with Gasteiger partial charge in [0.25, 0.3) is 0 Å². The molecule has 0 atom stereocenters. The molecule has 68 heavy (non-hydrogen) atoms.